The molecule has 0 aliphatic carbocycles. The van der Waals surface area contributed by atoms with E-state index in [9.17, 15) is 24.0 Å². The second kappa shape index (κ2) is 10.9. The third kappa shape index (κ3) is 5.36. The number of benzene rings is 1. The van der Waals surface area contributed by atoms with Crippen LogP contribution in [0, 0.1) is 0 Å². The fourth-order valence-electron chi connectivity index (χ4n) is 6.44. The summed E-state index contributed by atoms with van der Waals surface area (Å²) >= 11 is 0. The van der Waals surface area contributed by atoms with Gasteiger partial charge in [0.05, 0.1) is 17.2 Å². The zero-order valence-corrected chi connectivity index (χ0v) is 23.7. The monoisotopic (exact) mass is 553 g/mol. The number of carbonyl (C=O) groups is 5. The average molecular weight is 554 g/mol. The number of rotatable bonds is 4. The predicted octanol–water partition coefficient (Wildman–Crippen LogP) is 2.21. The molecule has 1 aromatic rings. The van der Waals surface area contributed by atoms with Crippen LogP contribution in [0.25, 0.3) is 0 Å². The zero-order chi connectivity index (χ0) is 28.8. The van der Waals surface area contributed by atoms with Gasteiger partial charge in [0.1, 0.15) is 11.6 Å². The van der Waals surface area contributed by atoms with E-state index in [0.717, 1.165) is 42.8 Å². The van der Waals surface area contributed by atoms with E-state index in [2.05, 4.69) is 22.5 Å². The van der Waals surface area contributed by atoms with Crippen molar-refractivity contribution >= 4 is 29.7 Å². The molecule has 216 valence electrons. The van der Waals surface area contributed by atoms with Crippen molar-refractivity contribution in [1.29, 1.82) is 0 Å². The molecule has 2 N–H and O–H groups in total. The van der Waals surface area contributed by atoms with Crippen LogP contribution in [0.2, 0.25) is 0 Å². The first-order chi connectivity index (χ1) is 19.0. The van der Waals surface area contributed by atoms with Crippen molar-refractivity contribution in [1.82, 2.24) is 25.3 Å². The number of nitrogens with one attached hydrogen (secondary N) is 2. The highest BCUT2D eigenvalue weighted by atomic mass is 16.6. The number of nitrogens with zero attached hydrogens (tertiary/aromatic N) is 3. The number of carbonyl (C=O) groups excluding carboxylic acids is 5. The van der Waals surface area contributed by atoms with Gasteiger partial charge in [-0.2, -0.15) is 0 Å². The Bertz CT molecular complexity index is 1230. The van der Waals surface area contributed by atoms with E-state index < -0.39 is 35.3 Å². The van der Waals surface area contributed by atoms with E-state index in [-0.39, 0.29) is 48.2 Å². The van der Waals surface area contributed by atoms with Crippen molar-refractivity contribution < 1.29 is 28.7 Å². The minimum atomic E-state index is -0.994. The molecule has 4 unspecified atom stereocenters. The van der Waals surface area contributed by atoms with Gasteiger partial charge in [0.15, 0.2) is 0 Å². The summed E-state index contributed by atoms with van der Waals surface area (Å²) in [6.07, 6.45) is 2.78. The zero-order valence-electron chi connectivity index (χ0n) is 23.7. The molecule has 0 aromatic heterocycles. The molecule has 4 aliphatic heterocycles. The summed E-state index contributed by atoms with van der Waals surface area (Å²) in [6.45, 7) is 10.6. The second-order valence-corrected chi connectivity index (χ2v) is 12.2. The van der Waals surface area contributed by atoms with E-state index in [1.807, 2.05) is 31.7 Å². The van der Waals surface area contributed by atoms with Crippen LogP contribution < -0.4 is 10.6 Å². The van der Waals surface area contributed by atoms with Crippen LogP contribution in [0.3, 0.4) is 0 Å². The third-order valence-electron chi connectivity index (χ3n) is 8.39. The lowest BCUT2D eigenvalue weighted by molar-refractivity contribution is -0.136. The SMILES string of the molecule is CC(C1CCCCN1C(=O)OC(C)(C)C)N1CCNCC1c1ccc2c(c1)C(=O)N(C1CCC(=O)NC1=O)C2=O. The number of piperazine rings is 1. The summed E-state index contributed by atoms with van der Waals surface area (Å²) in [5.74, 6) is -2.04. The molecule has 4 heterocycles. The molecule has 4 atom stereocenters. The first-order valence-electron chi connectivity index (χ1n) is 14.3. The van der Waals surface area contributed by atoms with Crippen molar-refractivity contribution in [2.75, 3.05) is 26.2 Å². The van der Waals surface area contributed by atoms with Crippen molar-refractivity contribution in [2.24, 2.45) is 0 Å². The molecule has 3 saturated heterocycles. The number of imide groups is 2. The summed E-state index contributed by atoms with van der Waals surface area (Å²) in [5, 5.41) is 5.68. The fourth-order valence-corrected chi connectivity index (χ4v) is 6.44. The van der Waals surface area contributed by atoms with Gasteiger partial charge in [0.25, 0.3) is 11.8 Å². The number of hydrogen-bond acceptors (Lipinski definition) is 8. The lowest BCUT2D eigenvalue weighted by atomic mass is 9.92. The Labute approximate surface area is 234 Å². The van der Waals surface area contributed by atoms with Gasteiger partial charge in [-0.05, 0) is 71.1 Å². The van der Waals surface area contributed by atoms with E-state index in [0.29, 0.717) is 13.1 Å². The Balaban J connectivity index is 1.38. The maximum absolute atomic E-state index is 13.4. The number of amides is 5. The number of piperidine rings is 2. The smallest absolute Gasteiger partial charge is 0.410 e. The topological polar surface area (TPSA) is 128 Å². The minimum Gasteiger partial charge on any atom is -0.444 e. The van der Waals surface area contributed by atoms with E-state index >= 15 is 0 Å². The Hall–Kier alpha value is -3.31. The highest BCUT2D eigenvalue weighted by Gasteiger charge is 2.45. The Kier molecular flexibility index (Phi) is 7.71. The molecule has 3 fully saturated rings. The van der Waals surface area contributed by atoms with E-state index in [1.54, 1.807) is 12.1 Å². The summed E-state index contributed by atoms with van der Waals surface area (Å²) in [6, 6.07) is 4.26. The summed E-state index contributed by atoms with van der Waals surface area (Å²) in [4.78, 5) is 69.0. The van der Waals surface area contributed by atoms with Crippen LogP contribution in [-0.4, -0.2) is 94.3 Å². The van der Waals surface area contributed by atoms with Crippen molar-refractivity contribution in [2.45, 2.75) is 89.6 Å². The van der Waals surface area contributed by atoms with Gasteiger partial charge in [0, 0.05) is 44.7 Å². The molecule has 4 aliphatic rings. The molecule has 5 rings (SSSR count). The van der Waals surface area contributed by atoms with Crippen LogP contribution in [0.1, 0.15) is 92.1 Å². The van der Waals surface area contributed by atoms with Gasteiger partial charge < -0.3 is 15.0 Å². The summed E-state index contributed by atoms with van der Waals surface area (Å²) in [5.41, 5.74) is 0.864. The van der Waals surface area contributed by atoms with Crippen LogP contribution in [0.15, 0.2) is 18.2 Å². The number of likely N-dealkylation sites (tertiary alicyclic amines) is 1. The van der Waals surface area contributed by atoms with Crippen molar-refractivity contribution in [3.8, 4) is 0 Å². The second-order valence-electron chi connectivity index (χ2n) is 12.2. The van der Waals surface area contributed by atoms with Gasteiger partial charge in [-0.25, -0.2) is 4.79 Å². The largest absolute Gasteiger partial charge is 0.444 e. The van der Waals surface area contributed by atoms with Crippen LogP contribution >= 0.6 is 0 Å². The summed E-state index contributed by atoms with van der Waals surface area (Å²) in [7, 11) is 0. The fraction of sp³-hybridized carbons (Fsp3) is 0.621. The minimum absolute atomic E-state index is 0.00940. The van der Waals surface area contributed by atoms with Gasteiger partial charge in [-0.15, -0.1) is 0 Å². The average Bonchev–Trinajstić information content (AvgIpc) is 3.16. The van der Waals surface area contributed by atoms with E-state index in [4.69, 9.17) is 4.74 Å². The molecule has 11 nitrogen and oxygen atoms in total. The van der Waals surface area contributed by atoms with Crippen LogP contribution in [-0.2, 0) is 14.3 Å². The Morgan fingerprint density at radius 1 is 1.00 bits per heavy atom. The molecular formula is C29H39N5O6. The highest BCUT2D eigenvalue weighted by molar-refractivity contribution is 6.23. The first-order valence-corrected chi connectivity index (χ1v) is 14.3. The first kappa shape index (κ1) is 28.2. The molecule has 5 amide bonds. The molecule has 0 radical (unpaired) electrons. The van der Waals surface area contributed by atoms with E-state index in [1.165, 1.54) is 0 Å². The maximum Gasteiger partial charge on any atom is 0.410 e. The quantitative estimate of drug-likeness (QED) is 0.544. The third-order valence-corrected chi connectivity index (χ3v) is 8.39. The Morgan fingerprint density at radius 3 is 2.48 bits per heavy atom. The van der Waals surface area contributed by atoms with Crippen LogP contribution in [0.5, 0.6) is 0 Å². The van der Waals surface area contributed by atoms with Crippen molar-refractivity contribution in [3.63, 3.8) is 0 Å². The molecule has 1 aromatic carbocycles. The molecule has 0 saturated carbocycles. The Morgan fingerprint density at radius 2 is 1.75 bits per heavy atom. The standard InChI is InChI=1S/C29H39N5O6/c1-17(21-7-5-6-13-33(21)28(39)40-29(2,3)4)32-14-12-30-16-23(32)18-8-9-19-20(15-18)27(38)34(26(19)37)22-10-11-24(35)31-25(22)36/h8-9,15,17,21-23,30H,5-7,10-14,16H2,1-4H3,(H,31,35,36). The van der Waals surface area contributed by atoms with Gasteiger partial charge in [0.2, 0.25) is 11.8 Å². The van der Waals surface area contributed by atoms with Gasteiger partial charge in [-0.3, -0.25) is 34.3 Å². The molecular weight excluding hydrogens is 514 g/mol. The molecule has 0 spiro atoms. The number of hydrogen-bond donors (Lipinski definition) is 2. The number of fused-ring (bicyclic) bond motifs is 1. The highest BCUT2D eigenvalue weighted by Crippen LogP contribution is 2.34. The lowest BCUT2D eigenvalue weighted by Gasteiger charge is -2.47. The predicted molar refractivity (Wildman–Crippen MR) is 145 cm³/mol. The van der Waals surface area contributed by atoms with Gasteiger partial charge in [-0.1, -0.05) is 6.07 Å². The van der Waals surface area contributed by atoms with Crippen molar-refractivity contribution in [3.05, 3.63) is 34.9 Å². The number of ether oxygens (including phenoxy) is 1. The van der Waals surface area contributed by atoms with Crippen LogP contribution in [0.4, 0.5) is 4.79 Å². The molecule has 0 bridgehead atoms. The molecule has 40 heavy (non-hydrogen) atoms. The summed E-state index contributed by atoms with van der Waals surface area (Å²) < 4.78 is 5.74. The molecule has 11 heteroatoms. The van der Waals surface area contributed by atoms with Gasteiger partial charge >= 0.3 is 6.09 Å². The normalized spacial score (nSPS) is 26.9. The maximum atomic E-state index is 13.4. The lowest BCUT2D eigenvalue weighted by Crippen LogP contribution is -2.59.